The van der Waals surface area contributed by atoms with Crippen LogP contribution in [-0.2, 0) is 15.8 Å². The van der Waals surface area contributed by atoms with E-state index < -0.39 is 29.5 Å². The van der Waals surface area contributed by atoms with E-state index in [1.807, 2.05) is 4.90 Å². The van der Waals surface area contributed by atoms with Gasteiger partial charge in [0.05, 0.1) is 17.4 Å². The van der Waals surface area contributed by atoms with Crippen LogP contribution in [0.5, 0.6) is 0 Å². The van der Waals surface area contributed by atoms with Crippen LogP contribution in [0.4, 0.5) is 19.0 Å². The van der Waals surface area contributed by atoms with Gasteiger partial charge in [-0.2, -0.15) is 13.2 Å². The van der Waals surface area contributed by atoms with Crippen molar-refractivity contribution in [1.29, 1.82) is 0 Å². The van der Waals surface area contributed by atoms with Gasteiger partial charge in [0.15, 0.2) is 0 Å². The van der Waals surface area contributed by atoms with Gasteiger partial charge < -0.3 is 14.9 Å². The van der Waals surface area contributed by atoms with E-state index >= 15 is 0 Å². The lowest BCUT2D eigenvalue weighted by Crippen LogP contribution is -2.49. The summed E-state index contributed by atoms with van der Waals surface area (Å²) in [6, 6.07) is 2.31. The van der Waals surface area contributed by atoms with Crippen LogP contribution in [0.15, 0.2) is 18.3 Å². The summed E-state index contributed by atoms with van der Waals surface area (Å²) in [5.74, 6) is -1.67. The fourth-order valence-corrected chi connectivity index (χ4v) is 2.87. The summed E-state index contributed by atoms with van der Waals surface area (Å²) in [7, 11) is 0. The van der Waals surface area contributed by atoms with Gasteiger partial charge in [0.1, 0.15) is 5.82 Å². The highest BCUT2D eigenvalue weighted by atomic mass is 19.4. The molecule has 24 heavy (non-hydrogen) atoms. The Kier molecular flexibility index (Phi) is 4.10. The summed E-state index contributed by atoms with van der Waals surface area (Å²) in [6.07, 6.45) is -3.23. The zero-order valence-electron chi connectivity index (χ0n) is 12.7. The van der Waals surface area contributed by atoms with Crippen LogP contribution in [0.1, 0.15) is 12.0 Å². The molecule has 6 nitrogen and oxygen atoms in total. The summed E-state index contributed by atoms with van der Waals surface area (Å²) in [5.41, 5.74) is -0.798. The Labute approximate surface area is 135 Å². The van der Waals surface area contributed by atoms with E-state index in [2.05, 4.69) is 4.98 Å². The standard InChI is InChI=1S/C15H16F3N3O3/c16-15(17,18)9-1-2-12(19-8-9)20-3-5-21(6-4-20)13(22)10-7-11(10)14(23)24/h1-2,8,10-11H,3-7H2,(H,23,24)/t10-,11-/m0/s1. The highest BCUT2D eigenvalue weighted by molar-refractivity contribution is 5.89. The number of rotatable bonds is 3. The van der Waals surface area contributed by atoms with Gasteiger partial charge in [-0.05, 0) is 18.6 Å². The van der Waals surface area contributed by atoms with Crippen molar-refractivity contribution in [1.82, 2.24) is 9.88 Å². The fourth-order valence-electron chi connectivity index (χ4n) is 2.87. The first-order valence-corrected chi connectivity index (χ1v) is 7.57. The Morgan fingerprint density at radius 1 is 1.12 bits per heavy atom. The second-order valence-electron chi connectivity index (χ2n) is 6.00. The molecule has 1 saturated heterocycles. The number of carboxylic acids is 1. The number of carbonyl (C=O) groups is 2. The van der Waals surface area contributed by atoms with E-state index in [1.165, 1.54) is 6.07 Å². The van der Waals surface area contributed by atoms with E-state index in [-0.39, 0.29) is 5.91 Å². The minimum Gasteiger partial charge on any atom is -0.481 e. The quantitative estimate of drug-likeness (QED) is 0.900. The van der Waals surface area contributed by atoms with E-state index in [4.69, 9.17) is 5.11 Å². The third-order valence-electron chi connectivity index (χ3n) is 4.42. The van der Waals surface area contributed by atoms with Crippen LogP contribution in [-0.4, -0.2) is 53.0 Å². The lowest BCUT2D eigenvalue weighted by atomic mass is 10.2. The monoisotopic (exact) mass is 343 g/mol. The Morgan fingerprint density at radius 3 is 2.25 bits per heavy atom. The number of carbonyl (C=O) groups excluding carboxylic acids is 1. The summed E-state index contributed by atoms with van der Waals surface area (Å²) in [6.45, 7) is 1.72. The van der Waals surface area contributed by atoms with Gasteiger partial charge in [-0.1, -0.05) is 0 Å². The van der Waals surface area contributed by atoms with Gasteiger partial charge in [-0.15, -0.1) is 0 Å². The number of aliphatic carboxylic acids is 1. The SMILES string of the molecule is O=C(O)[C@H]1C[C@@H]1C(=O)N1CCN(c2ccc(C(F)(F)F)cn2)CC1. The Balaban J connectivity index is 1.55. The molecule has 9 heteroatoms. The van der Waals surface area contributed by atoms with Crippen LogP contribution < -0.4 is 4.90 Å². The lowest BCUT2D eigenvalue weighted by molar-refractivity contribution is -0.142. The molecule has 0 spiro atoms. The van der Waals surface area contributed by atoms with Gasteiger partial charge in [-0.25, -0.2) is 4.98 Å². The Hall–Kier alpha value is -2.32. The summed E-state index contributed by atoms with van der Waals surface area (Å²) < 4.78 is 37.6. The third kappa shape index (κ3) is 3.29. The van der Waals surface area contributed by atoms with Crippen molar-refractivity contribution in [2.24, 2.45) is 11.8 Å². The van der Waals surface area contributed by atoms with Crippen molar-refractivity contribution < 1.29 is 27.9 Å². The fraction of sp³-hybridized carbons (Fsp3) is 0.533. The summed E-state index contributed by atoms with van der Waals surface area (Å²) in [5, 5.41) is 8.87. The van der Waals surface area contributed by atoms with Crippen molar-refractivity contribution in [3.05, 3.63) is 23.9 Å². The summed E-state index contributed by atoms with van der Waals surface area (Å²) in [4.78, 5) is 30.3. The van der Waals surface area contributed by atoms with Gasteiger partial charge in [0, 0.05) is 32.4 Å². The summed E-state index contributed by atoms with van der Waals surface area (Å²) >= 11 is 0. The number of carboxylic acid groups (broad SMARTS) is 1. The van der Waals surface area contributed by atoms with Gasteiger partial charge in [-0.3, -0.25) is 9.59 Å². The van der Waals surface area contributed by atoms with E-state index in [1.54, 1.807) is 4.90 Å². The second kappa shape index (κ2) is 5.95. The number of hydrogen-bond donors (Lipinski definition) is 1. The molecule has 2 heterocycles. The average Bonchev–Trinajstić information content (AvgIpc) is 3.34. The predicted octanol–water partition coefficient (Wildman–Crippen LogP) is 1.47. The maximum absolute atomic E-state index is 12.5. The molecule has 130 valence electrons. The van der Waals surface area contributed by atoms with Crippen LogP contribution in [0, 0.1) is 11.8 Å². The highest BCUT2D eigenvalue weighted by Crippen LogP contribution is 2.40. The Bertz CT molecular complexity index is 640. The molecule has 1 aliphatic carbocycles. The predicted molar refractivity (Wildman–Crippen MR) is 77.3 cm³/mol. The molecule has 0 radical (unpaired) electrons. The number of piperazine rings is 1. The number of amides is 1. The second-order valence-corrected chi connectivity index (χ2v) is 6.00. The van der Waals surface area contributed by atoms with Crippen LogP contribution in [0.25, 0.3) is 0 Å². The topological polar surface area (TPSA) is 73.7 Å². The first-order valence-electron chi connectivity index (χ1n) is 7.57. The van der Waals surface area contributed by atoms with Gasteiger partial charge in [0.2, 0.25) is 5.91 Å². The van der Waals surface area contributed by atoms with Crippen molar-refractivity contribution in [2.45, 2.75) is 12.6 Å². The molecule has 1 aromatic rings. The molecular formula is C15H16F3N3O3. The third-order valence-corrected chi connectivity index (χ3v) is 4.42. The van der Waals surface area contributed by atoms with Gasteiger partial charge in [0.25, 0.3) is 0 Å². The number of pyridine rings is 1. The maximum atomic E-state index is 12.5. The number of halogens is 3. The first kappa shape index (κ1) is 16.5. The van der Waals surface area contributed by atoms with Crippen molar-refractivity contribution in [2.75, 3.05) is 31.1 Å². The van der Waals surface area contributed by atoms with Crippen molar-refractivity contribution >= 4 is 17.7 Å². The smallest absolute Gasteiger partial charge is 0.417 e. The number of aromatic nitrogens is 1. The molecule has 0 bridgehead atoms. The maximum Gasteiger partial charge on any atom is 0.417 e. The molecule has 1 aromatic heterocycles. The van der Waals surface area contributed by atoms with Gasteiger partial charge >= 0.3 is 12.1 Å². The molecule has 0 unspecified atom stereocenters. The lowest BCUT2D eigenvalue weighted by Gasteiger charge is -2.35. The molecule has 2 atom stereocenters. The Morgan fingerprint density at radius 2 is 1.79 bits per heavy atom. The van der Waals surface area contributed by atoms with Crippen molar-refractivity contribution in [3.8, 4) is 0 Å². The average molecular weight is 343 g/mol. The van der Waals surface area contributed by atoms with E-state index in [0.717, 1.165) is 12.3 Å². The van der Waals surface area contributed by atoms with Crippen molar-refractivity contribution in [3.63, 3.8) is 0 Å². The minimum atomic E-state index is -4.42. The molecule has 1 amide bonds. The molecule has 1 saturated carbocycles. The number of alkyl halides is 3. The number of anilines is 1. The normalized spacial score (nSPS) is 24.0. The highest BCUT2D eigenvalue weighted by Gasteiger charge is 2.50. The molecule has 3 rings (SSSR count). The van der Waals surface area contributed by atoms with Crippen LogP contribution >= 0.6 is 0 Å². The molecule has 2 fully saturated rings. The molecule has 2 aliphatic rings. The number of hydrogen-bond acceptors (Lipinski definition) is 4. The van der Waals surface area contributed by atoms with Crippen LogP contribution in [0.3, 0.4) is 0 Å². The van der Waals surface area contributed by atoms with Crippen LogP contribution in [0.2, 0.25) is 0 Å². The van der Waals surface area contributed by atoms with E-state index in [9.17, 15) is 22.8 Å². The molecule has 0 aromatic carbocycles. The molecule has 1 N–H and O–H groups in total. The number of nitrogens with zero attached hydrogens (tertiary/aromatic N) is 3. The largest absolute Gasteiger partial charge is 0.481 e. The molecular weight excluding hydrogens is 327 g/mol. The first-order chi connectivity index (χ1) is 11.3. The zero-order chi connectivity index (χ0) is 17.5. The molecule has 1 aliphatic heterocycles. The minimum absolute atomic E-state index is 0.151. The van der Waals surface area contributed by atoms with E-state index in [0.29, 0.717) is 38.4 Å². The zero-order valence-corrected chi connectivity index (χ0v) is 12.7.